The molecule has 3 aromatic rings. The van der Waals surface area contributed by atoms with Gasteiger partial charge in [0.25, 0.3) is 11.2 Å². The minimum atomic E-state index is -0.515. The summed E-state index contributed by atoms with van der Waals surface area (Å²) < 4.78 is 5.71. The minimum Gasteiger partial charge on any atom is -0.416 e. The van der Waals surface area contributed by atoms with Gasteiger partial charge in [-0.1, -0.05) is 23.4 Å². The normalized spacial score (nSPS) is 11.7. The van der Waals surface area contributed by atoms with Gasteiger partial charge in [-0.25, -0.2) is 4.98 Å². The molecule has 0 atom stereocenters. The second kappa shape index (κ2) is 7.08. The summed E-state index contributed by atoms with van der Waals surface area (Å²) in [5, 5.41) is 16.1. The van der Waals surface area contributed by atoms with E-state index in [0.29, 0.717) is 27.4 Å². The molecule has 10 heteroatoms. The maximum atomic E-state index is 10.9. The lowest BCUT2D eigenvalue weighted by molar-refractivity contribution is -0.384. The molecule has 25 heavy (non-hydrogen) atoms. The highest BCUT2D eigenvalue weighted by molar-refractivity contribution is 7.98. The van der Waals surface area contributed by atoms with E-state index in [9.17, 15) is 10.1 Å². The zero-order chi connectivity index (χ0) is 18.0. The van der Waals surface area contributed by atoms with Crippen LogP contribution < -0.4 is 5.55 Å². The van der Waals surface area contributed by atoms with E-state index in [1.54, 1.807) is 12.3 Å². The van der Waals surface area contributed by atoms with E-state index in [1.807, 2.05) is 6.26 Å². The van der Waals surface area contributed by atoms with E-state index < -0.39 is 4.92 Å². The van der Waals surface area contributed by atoms with Crippen molar-refractivity contribution in [2.75, 3.05) is 13.4 Å². The number of non-ortho nitro benzene ring substituents is 1. The molecule has 0 amide bonds. The molecule has 0 unspecified atom stereocenters. The van der Waals surface area contributed by atoms with Gasteiger partial charge in [-0.15, -0.1) is 0 Å². The quantitative estimate of drug-likeness (QED) is 0.295. The van der Waals surface area contributed by atoms with Crippen LogP contribution in [0.5, 0.6) is 0 Å². The Kier molecular flexibility index (Phi) is 4.86. The number of nitrogens with zero attached hydrogens (tertiary/aromatic N) is 4. The van der Waals surface area contributed by atoms with Crippen molar-refractivity contribution in [3.05, 3.63) is 51.2 Å². The molecule has 0 spiro atoms. The van der Waals surface area contributed by atoms with Gasteiger partial charge in [0, 0.05) is 29.5 Å². The molecule has 0 N–H and O–H groups in total. The molecule has 0 fully saturated rings. The zero-order valence-corrected chi connectivity index (χ0v) is 14.7. The van der Waals surface area contributed by atoms with Gasteiger partial charge in [-0.05, 0) is 23.5 Å². The Balaban J connectivity index is 2.26. The van der Waals surface area contributed by atoms with Crippen LogP contribution in [0, 0.1) is 10.1 Å². The van der Waals surface area contributed by atoms with Crippen LogP contribution in [0.1, 0.15) is 0 Å². The maximum absolute atomic E-state index is 10.9. The largest absolute Gasteiger partial charge is 0.416 e. The topological polar surface area (TPSA) is 104 Å². The third kappa shape index (κ3) is 3.42. The summed E-state index contributed by atoms with van der Waals surface area (Å²) in [7, 11) is 1.38. The van der Waals surface area contributed by atoms with Crippen LogP contribution in [-0.2, 0) is 4.84 Å². The van der Waals surface area contributed by atoms with Crippen molar-refractivity contribution in [2.24, 2.45) is 5.16 Å². The molecule has 2 aromatic heterocycles. The van der Waals surface area contributed by atoms with Crippen LogP contribution in [0.25, 0.3) is 22.2 Å². The Bertz CT molecular complexity index is 1040. The van der Waals surface area contributed by atoms with Crippen LogP contribution in [-0.4, -0.2) is 28.3 Å². The van der Waals surface area contributed by atoms with Crippen molar-refractivity contribution in [1.82, 2.24) is 9.97 Å². The predicted octanol–water partition coefficient (Wildman–Crippen LogP) is 3.64. The van der Waals surface area contributed by atoms with Crippen molar-refractivity contribution in [1.29, 1.82) is 0 Å². The second-order valence-electron chi connectivity index (χ2n) is 4.78. The Hall–Kier alpha value is -2.65. The SMILES string of the molecule is CO/N=c1\oc2nc(SC)ncc2cc1-c1ccc([N+](=O)[O-])cc1Cl. The lowest BCUT2D eigenvalue weighted by Gasteiger charge is -2.06. The van der Waals surface area contributed by atoms with Crippen LogP contribution in [0.4, 0.5) is 5.69 Å². The van der Waals surface area contributed by atoms with E-state index in [-0.39, 0.29) is 16.3 Å². The molecular formula is C15H11ClN4O4S. The summed E-state index contributed by atoms with van der Waals surface area (Å²) in [5.41, 5.74) is 1.41. The molecular weight excluding hydrogens is 368 g/mol. The van der Waals surface area contributed by atoms with Crippen molar-refractivity contribution in [3.8, 4) is 11.1 Å². The average Bonchev–Trinajstić information content (AvgIpc) is 2.61. The number of fused-ring (bicyclic) bond motifs is 1. The van der Waals surface area contributed by atoms with Crippen molar-refractivity contribution >= 4 is 40.1 Å². The fraction of sp³-hybridized carbons (Fsp3) is 0.133. The molecule has 0 aliphatic carbocycles. The molecule has 0 aliphatic heterocycles. The molecule has 0 saturated carbocycles. The molecule has 1 aromatic carbocycles. The summed E-state index contributed by atoms with van der Waals surface area (Å²) in [6, 6.07) is 5.90. The van der Waals surface area contributed by atoms with Crippen molar-refractivity contribution in [3.63, 3.8) is 0 Å². The summed E-state index contributed by atoms with van der Waals surface area (Å²) in [5.74, 6) is 0. The lowest BCUT2D eigenvalue weighted by Crippen LogP contribution is -2.08. The Morgan fingerprint density at radius 1 is 1.36 bits per heavy atom. The van der Waals surface area contributed by atoms with E-state index >= 15 is 0 Å². The first-order valence-electron chi connectivity index (χ1n) is 6.90. The molecule has 2 heterocycles. The van der Waals surface area contributed by atoms with E-state index in [4.69, 9.17) is 20.9 Å². The first-order chi connectivity index (χ1) is 12.0. The summed E-state index contributed by atoms with van der Waals surface area (Å²) in [6.45, 7) is 0. The zero-order valence-electron chi connectivity index (χ0n) is 13.1. The van der Waals surface area contributed by atoms with E-state index in [2.05, 4.69) is 15.1 Å². The third-order valence-corrected chi connectivity index (χ3v) is 4.17. The summed E-state index contributed by atoms with van der Waals surface area (Å²) in [6.07, 6.45) is 3.48. The highest BCUT2D eigenvalue weighted by atomic mass is 35.5. The number of aromatic nitrogens is 2. The van der Waals surface area contributed by atoms with Crippen molar-refractivity contribution in [2.45, 2.75) is 5.16 Å². The predicted molar refractivity (Wildman–Crippen MR) is 93.3 cm³/mol. The number of nitro groups is 1. The number of thioether (sulfide) groups is 1. The Morgan fingerprint density at radius 3 is 2.80 bits per heavy atom. The van der Waals surface area contributed by atoms with E-state index in [0.717, 1.165) is 0 Å². The molecule has 128 valence electrons. The molecule has 3 rings (SSSR count). The highest BCUT2D eigenvalue weighted by Gasteiger charge is 2.15. The average molecular weight is 379 g/mol. The first kappa shape index (κ1) is 17.2. The number of hydrogen-bond acceptors (Lipinski definition) is 8. The van der Waals surface area contributed by atoms with Crippen LogP contribution in [0.15, 0.2) is 45.2 Å². The number of halogens is 1. The minimum absolute atomic E-state index is 0.107. The van der Waals surface area contributed by atoms with Gasteiger partial charge in [-0.3, -0.25) is 10.1 Å². The van der Waals surface area contributed by atoms with Gasteiger partial charge >= 0.3 is 0 Å². The fourth-order valence-electron chi connectivity index (χ4n) is 2.18. The van der Waals surface area contributed by atoms with E-state index in [1.165, 1.54) is 37.1 Å². The fourth-order valence-corrected chi connectivity index (χ4v) is 2.79. The number of rotatable bonds is 4. The number of benzene rings is 1. The standard InChI is InChI=1S/C15H11ClN4O4S/c1-23-19-14-11(10-4-3-9(20(21)22)6-12(10)16)5-8-7-17-15(25-2)18-13(8)24-14/h3-7H,1-2H3/b19-14-. The van der Waals surface area contributed by atoms with Gasteiger partial charge in [0.15, 0.2) is 5.16 Å². The molecule has 8 nitrogen and oxygen atoms in total. The lowest BCUT2D eigenvalue weighted by atomic mass is 10.1. The van der Waals surface area contributed by atoms with Crippen LogP contribution in [0.3, 0.4) is 0 Å². The monoisotopic (exact) mass is 378 g/mol. The molecule has 0 radical (unpaired) electrons. The third-order valence-electron chi connectivity index (χ3n) is 3.29. The highest BCUT2D eigenvalue weighted by Crippen LogP contribution is 2.30. The number of nitro benzene ring substituents is 1. The van der Waals surface area contributed by atoms with Gasteiger partial charge in [0.05, 0.1) is 15.3 Å². The van der Waals surface area contributed by atoms with Gasteiger partial charge < -0.3 is 9.25 Å². The van der Waals surface area contributed by atoms with Gasteiger partial charge in [0.2, 0.25) is 5.71 Å². The summed E-state index contributed by atoms with van der Waals surface area (Å²) in [4.78, 5) is 23.7. The molecule has 0 aliphatic rings. The Labute approximate surface area is 150 Å². The van der Waals surface area contributed by atoms with Gasteiger partial charge in [0.1, 0.15) is 7.11 Å². The summed E-state index contributed by atoms with van der Waals surface area (Å²) >= 11 is 7.60. The number of hydrogen-bond donors (Lipinski definition) is 0. The smallest absolute Gasteiger partial charge is 0.270 e. The van der Waals surface area contributed by atoms with Crippen LogP contribution in [0.2, 0.25) is 5.02 Å². The second-order valence-corrected chi connectivity index (χ2v) is 5.96. The molecule has 0 bridgehead atoms. The molecule has 0 saturated heterocycles. The van der Waals surface area contributed by atoms with Crippen LogP contribution >= 0.6 is 23.4 Å². The maximum Gasteiger partial charge on any atom is 0.270 e. The van der Waals surface area contributed by atoms with Crippen molar-refractivity contribution < 1.29 is 14.2 Å². The Morgan fingerprint density at radius 2 is 2.16 bits per heavy atom. The van der Waals surface area contributed by atoms with Gasteiger partial charge in [-0.2, -0.15) is 4.98 Å². The first-order valence-corrected chi connectivity index (χ1v) is 8.50.